The lowest BCUT2D eigenvalue weighted by atomic mass is 10.3. The van der Waals surface area contributed by atoms with Gasteiger partial charge in [-0.15, -0.1) is 0 Å². The number of nitrogens with zero attached hydrogens (tertiary/aromatic N) is 2. The Hall–Kier alpha value is -2.31. The number of carboxylic acid groups (broad SMARTS) is 1. The molecule has 1 aromatic rings. The summed E-state index contributed by atoms with van der Waals surface area (Å²) in [6.07, 6.45) is 0. The molecule has 0 saturated heterocycles. The van der Waals surface area contributed by atoms with Crippen LogP contribution in [0.5, 0.6) is 5.75 Å². The van der Waals surface area contributed by atoms with Crippen molar-refractivity contribution < 1.29 is 19.8 Å². The van der Waals surface area contributed by atoms with Crippen molar-refractivity contribution in [2.75, 3.05) is 6.54 Å². The summed E-state index contributed by atoms with van der Waals surface area (Å²) in [7, 11) is 0. The third-order valence-electron chi connectivity index (χ3n) is 2.86. The second kappa shape index (κ2) is 6.23. The van der Waals surface area contributed by atoms with Crippen molar-refractivity contribution in [2.24, 2.45) is 0 Å². The van der Waals surface area contributed by atoms with Gasteiger partial charge in [0.15, 0.2) is 0 Å². The third-order valence-corrected chi connectivity index (χ3v) is 2.86. The van der Waals surface area contributed by atoms with Crippen LogP contribution in [0.1, 0.15) is 19.5 Å². The predicted octanol–water partition coefficient (Wildman–Crippen LogP) is 0.184. The Bertz CT molecular complexity index is 577. The van der Waals surface area contributed by atoms with E-state index in [0.29, 0.717) is 5.69 Å². The topological polar surface area (TPSA) is 99.8 Å². The highest BCUT2D eigenvalue weighted by molar-refractivity contribution is 5.81. The van der Waals surface area contributed by atoms with Gasteiger partial charge >= 0.3 is 5.97 Å². The van der Waals surface area contributed by atoms with E-state index in [9.17, 15) is 19.5 Å². The van der Waals surface area contributed by atoms with E-state index in [1.54, 1.807) is 20.8 Å². The molecule has 1 rings (SSSR count). The van der Waals surface area contributed by atoms with Crippen LogP contribution >= 0.6 is 0 Å². The number of aliphatic carboxylic acids is 1. The maximum absolute atomic E-state index is 12.1. The predicted molar refractivity (Wildman–Crippen MR) is 71.6 cm³/mol. The minimum Gasteiger partial charge on any atom is -0.508 e. The summed E-state index contributed by atoms with van der Waals surface area (Å²) in [5.74, 6) is -1.73. The Kier molecular flexibility index (Phi) is 4.90. The van der Waals surface area contributed by atoms with Crippen LogP contribution in [0.25, 0.3) is 0 Å². The molecular weight excluding hydrogens is 264 g/mol. The largest absolute Gasteiger partial charge is 0.508 e. The molecule has 0 atom stereocenters. The maximum atomic E-state index is 12.1. The molecule has 0 aliphatic carbocycles. The third kappa shape index (κ3) is 3.84. The van der Waals surface area contributed by atoms with Gasteiger partial charge in [-0.05, 0) is 26.8 Å². The van der Waals surface area contributed by atoms with Gasteiger partial charge in [0.2, 0.25) is 5.91 Å². The quantitative estimate of drug-likeness (QED) is 0.802. The molecule has 2 N–H and O–H groups in total. The van der Waals surface area contributed by atoms with Crippen molar-refractivity contribution >= 4 is 11.9 Å². The van der Waals surface area contributed by atoms with Crippen LogP contribution in [0.4, 0.5) is 0 Å². The molecule has 0 unspecified atom stereocenters. The molecule has 7 heteroatoms. The van der Waals surface area contributed by atoms with E-state index in [1.165, 1.54) is 15.5 Å². The number of carbonyl (C=O) groups is 2. The van der Waals surface area contributed by atoms with Crippen molar-refractivity contribution in [2.45, 2.75) is 33.4 Å². The summed E-state index contributed by atoms with van der Waals surface area (Å²) in [6, 6.07) is 2.09. The lowest BCUT2D eigenvalue weighted by Gasteiger charge is -2.25. The number of aromatic nitrogens is 1. The Balaban J connectivity index is 3.00. The number of hydrogen-bond acceptors (Lipinski definition) is 4. The first-order valence-electron chi connectivity index (χ1n) is 6.14. The first-order chi connectivity index (χ1) is 9.22. The maximum Gasteiger partial charge on any atom is 0.323 e. The minimum atomic E-state index is -1.11. The number of hydrogen-bond donors (Lipinski definition) is 2. The van der Waals surface area contributed by atoms with Crippen LogP contribution in [0, 0.1) is 6.92 Å². The second-order valence-corrected chi connectivity index (χ2v) is 4.79. The van der Waals surface area contributed by atoms with Crippen LogP contribution < -0.4 is 5.56 Å². The highest BCUT2D eigenvalue weighted by Crippen LogP contribution is 2.08. The van der Waals surface area contributed by atoms with Gasteiger partial charge < -0.3 is 19.7 Å². The second-order valence-electron chi connectivity index (χ2n) is 4.79. The molecule has 0 spiro atoms. The fraction of sp³-hybridized carbons (Fsp3) is 0.462. The van der Waals surface area contributed by atoms with Crippen LogP contribution in [-0.4, -0.2) is 44.1 Å². The molecule has 1 amide bonds. The van der Waals surface area contributed by atoms with Crippen LogP contribution in [0.2, 0.25) is 0 Å². The summed E-state index contributed by atoms with van der Waals surface area (Å²) in [5, 5.41) is 18.1. The molecular formula is C13H18N2O5. The van der Waals surface area contributed by atoms with E-state index in [-0.39, 0.29) is 18.3 Å². The van der Waals surface area contributed by atoms with Gasteiger partial charge in [0.25, 0.3) is 5.56 Å². The van der Waals surface area contributed by atoms with E-state index >= 15 is 0 Å². The van der Waals surface area contributed by atoms with Gasteiger partial charge in [-0.25, -0.2) is 0 Å². The smallest absolute Gasteiger partial charge is 0.323 e. The van der Waals surface area contributed by atoms with E-state index < -0.39 is 24.0 Å². The summed E-state index contributed by atoms with van der Waals surface area (Å²) in [5.41, 5.74) is -0.0720. The Labute approximate surface area is 116 Å². The number of pyridine rings is 1. The fourth-order valence-electron chi connectivity index (χ4n) is 1.85. The molecule has 0 aromatic carbocycles. The molecule has 0 bridgehead atoms. The lowest BCUT2D eigenvalue weighted by molar-refractivity contribution is -0.146. The van der Waals surface area contributed by atoms with E-state index in [2.05, 4.69) is 0 Å². The molecule has 7 nitrogen and oxygen atoms in total. The first-order valence-corrected chi connectivity index (χ1v) is 6.14. The Morgan fingerprint density at radius 3 is 2.40 bits per heavy atom. The lowest BCUT2D eigenvalue weighted by Crippen LogP contribution is -2.43. The van der Waals surface area contributed by atoms with Gasteiger partial charge in [-0.2, -0.15) is 0 Å². The number of aryl methyl sites for hydroxylation is 1. The molecule has 20 heavy (non-hydrogen) atoms. The van der Waals surface area contributed by atoms with Gasteiger partial charge in [-0.3, -0.25) is 14.4 Å². The summed E-state index contributed by atoms with van der Waals surface area (Å²) >= 11 is 0. The highest BCUT2D eigenvalue weighted by Gasteiger charge is 2.21. The van der Waals surface area contributed by atoms with Crippen molar-refractivity contribution in [1.82, 2.24) is 9.47 Å². The fourth-order valence-corrected chi connectivity index (χ4v) is 1.85. The van der Waals surface area contributed by atoms with E-state index in [4.69, 9.17) is 5.11 Å². The van der Waals surface area contributed by atoms with E-state index in [1.807, 2.05) is 0 Å². The Morgan fingerprint density at radius 2 is 1.95 bits per heavy atom. The molecule has 0 aliphatic heterocycles. The van der Waals surface area contributed by atoms with Gasteiger partial charge in [-0.1, -0.05) is 0 Å². The molecule has 0 saturated carbocycles. The van der Waals surface area contributed by atoms with Crippen molar-refractivity contribution in [3.8, 4) is 5.75 Å². The first kappa shape index (κ1) is 15.7. The summed E-state index contributed by atoms with van der Waals surface area (Å²) < 4.78 is 1.19. The average molecular weight is 282 g/mol. The minimum absolute atomic E-state index is 0.164. The normalized spacial score (nSPS) is 10.6. The summed E-state index contributed by atoms with van der Waals surface area (Å²) in [6.45, 7) is 4.32. The standard InChI is InChI=1S/C13H18N2O5/c1-8(2)14(7-13(19)20)12(18)6-15-9(3)4-10(16)5-11(15)17/h4-5,8,16H,6-7H2,1-3H3,(H,19,20). The van der Waals surface area contributed by atoms with Gasteiger partial charge in [0.1, 0.15) is 18.8 Å². The van der Waals surface area contributed by atoms with Crippen LogP contribution in [0.15, 0.2) is 16.9 Å². The number of rotatable bonds is 5. The van der Waals surface area contributed by atoms with Gasteiger partial charge in [0, 0.05) is 17.8 Å². The monoisotopic (exact) mass is 282 g/mol. The van der Waals surface area contributed by atoms with Crippen LogP contribution in [-0.2, 0) is 16.1 Å². The zero-order chi connectivity index (χ0) is 15.4. The number of aromatic hydroxyl groups is 1. The molecule has 0 fully saturated rings. The van der Waals surface area contributed by atoms with Gasteiger partial charge in [0.05, 0.1) is 0 Å². The van der Waals surface area contributed by atoms with Crippen molar-refractivity contribution in [3.63, 3.8) is 0 Å². The Morgan fingerprint density at radius 1 is 1.35 bits per heavy atom. The van der Waals surface area contributed by atoms with E-state index in [0.717, 1.165) is 6.07 Å². The zero-order valence-electron chi connectivity index (χ0n) is 11.7. The molecule has 0 aliphatic rings. The SMILES string of the molecule is Cc1cc(O)cc(=O)n1CC(=O)N(CC(=O)O)C(C)C. The number of carboxylic acids is 1. The van der Waals surface area contributed by atoms with Crippen molar-refractivity contribution in [3.05, 3.63) is 28.2 Å². The molecule has 1 aromatic heterocycles. The molecule has 1 heterocycles. The highest BCUT2D eigenvalue weighted by atomic mass is 16.4. The summed E-state index contributed by atoms with van der Waals surface area (Å²) in [4.78, 5) is 35.8. The van der Waals surface area contributed by atoms with Crippen LogP contribution in [0.3, 0.4) is 0 Å². The number of amides is 1. The zero-order valence-corrected chi connectivity index (χ0v) is 11.7. The molecule has 0 radical (unpaired) electrons. The molecule has 110 valence electrons. The average Bonchev–Trinajstić information content (AvgIpc) is 2.29. The number of carbonyl (C=O) groups excluding carboxylic acids is 1. The van der Waals surface area contributed by atoms with Crippen molar-refractivity contribution in [1.29, 1.82) is 0 Å².